The molecule has 2 aromatic carbocycles. The highest BCUT2D eigenvalue weighted by molar-refractivity contribution is 5.49. The fourth-order valence-electron chi connectivity index (χ4n) is 2.89. The van der Waals surface area contributed by atoms with Gasteiger partial charge in [0, 0.05) is 5.56 Å². The summed E-state index contributed by atoms with van der Waals surface area (Å²) in [6.07, 6.45) is 0. The Balaban J connectivity index is 2.61. The lowest BCUT2D eigenvalue weighted by Gasteiger charge is -2.23. The molecule has 2 nitrogen and oxygen atoms in total. The average molecular weight is 287 g/mol. The normalized spacial score (nSPS) is 12.3. The molecule has 0 heterocycles. The minimum absolute atomic E-state index is 0.102. The Hall–Kier alpha value is -1.87. The van der Waals surface area contributed by atoms with Crippen molar-refractivity contribution in [2.75, 3.05) is 14.2 Å². The monoisotopic (exact) mass is 287 g/mol. The Morgan fingerprint density at radius 1 is 1.00 bits per heavy atom. The third kappa shape index (κ3) is 3.24. The molecule has 0 fully saturated rings. The Labute approximate surface area is 126 Å². The van der Waals surface area contributed by atoms with Crippen LogP contribution >= 0.6 is 0 Å². The molecular weight excluding hydrogens is 265 g/mol. The average Bonchev–Trinajstić information content (AvgIpc) is 2.40. The number of hydrogen-bond donors (Lipinski definition) is 1. The van der Waals surface area contributed by atoms with Crippen molar-refractivity contribution in [1.29, 1.82) is 0 Å². The van der Waals surface area contributed by atoms with E-state index in [9.17, 15) is 4.39 Å². The molecule has 0 spiro atoms. The van der Waals surface area contributed by atoms with Gasteiger partial charge >= 0.3 is 0 Å². The Morgan fingerprint density at radius 2 is 1.67 bits per heavy atom. The fourth-order valence-corrected chi connectivity index (χ4v) is 2.89. The van der Waals surface area contributed by atoms with E-state index in [1.807, 2.05) is 33.0 Å². The molecule has 0 aromatic heterocycles. The third-order valence-corrected chi connectivity index (χ3v) is 3.69. The SMILES string of the molecule is CNC(c1cc(C)cc(F)c1)c1c(C)cc(C)cc1OC. The standard InChI is InChI=1S/C18H22FNO/c1-11-6-13(3)17(16(9-11)21-5)18(20-4)14-7-12(2)8-15(19)10-14/h6-10,18,20H,1-5H3. The van der Waals surface area contributed by atoms with Crippen LogP contribution in [-0.4, -0.2) is 14.2 Å². The van der Waals surface area contributed by atoms with Gasteiger partial charge in [0.2, 0.25) is 0 Å². The predicted molar refractivity (Wildman–Crippen MR) is 84.5 cm³/mol. The van der Waals surface area contributed by atoms with E-state index < -0.39 is 0 Å². The van der Waals surface area contributed by atoms with E-state index in [0.717, 1.165) is 33.6 Å². The van der Waals surface area contributed by atoms with Gasteiger partial charge in [0.1, 0.15) is 11.6 Å². The minimum Gasteiger partial charge on any atom is -0.496 e. The van der Waals surface area contributed by atoms with E-state index in [2.05, 4.69) is 18.3 Å². The van der Waals surface area contributed by atoms with Crippen LogP contribution in [-0.2, 0) is 0 Å². The number of hydrogen-bond acceptors (Lipinski definition) is 2. The van der Waals surface area contributed by atoms with Crippen LogP contribution < -0.4 is 10.1 Å². The number of methoxy groups -OCH3 is 1. The molecule has 2 aromatic rings. The highest BCUT2D eigenvalue weighted by Crippen LogP contribution is 2.34. The van der Waals surface area contributed by atoms with Crippen molar-refractivity contribution in [1.82, 2.24) is 5.32 Å². The number of halogens is 1. The van der Waals surface area contributed by atoms with Crippen molar-refractivity contribution in [3.05, 3.63) is 64.0 Å². The smallest absolute Gasteiger partial charge is 0.124 e. The molecule has 0 aliphatic rings. The number of nitrogens with one attached hydrogen (secondary N) is 1. The predicted octanol–water partition coefficient (Wildman–Crippen LogP) is 4.07. The lowest BCUT2D eigenvalue weighted by atomic mass is 9.92. The van der Waals surface area contributed by atoms with Crippen LogP contribution in [0.3, 0.4) is 0 Å². The molecule has 3 heteroatoms. The minimum atomic E-state index is -0.214. The Morgan fingerprint density at radius 3 is 2.24 bits per heavy atom. The van der Waals surface area contributed by atoms with E-state index in [1.165, 1.54) is 6.07 Å². The van der Waals surface area contributed by atoms with Gasteiger partial charge in [0.25, 0.3) is 0 Å². The number of aryl methyl sites for hydroxylation is 3. The molecule has 1 atom stereocenters. The lowest BCUT2D eigenvalue weighted by Crippen LogP contribution is -2.20. The van der Waals surface area contributed by atoms with Gasteiger partial charge < -0.3 is 10.1 Å². The van der Waals surface area contributed by atoms with E-state index in [1.54, 1.807) is 13.2 Å². The summed E-state index contributed by atoms with van der Waals surface area (Å²) in [5, 5.41) is 3.28. The van der Waals surface area contributed by atoms with E-state index in [-0.39, 0.29) is 11.9 Å². The largest absolute Gasteiger partial charge is 0.496 e. The number of ether oxygens (including phenoxy) is 1. The highest BCUT2D eigenvalue weighted by Gasteiger charge is 2.20. The van der Waals surface area contributed by atoms with E-state index >= 15 is 0 Å². The molecule has 0 amide bonds. The number of rotatable bonds is 4. The summed E-state index contributed by atoms with van der Waals surface area (Å²) in [4.78, 5) is 0. The summed E-state index contributed by atoms with van der Waals surface area (Å²) in [5.41, 5.74) is 5.15. The van der Waals surface area contributed by atoms with Crippen LogP contribution in [0.25, 0.3) is 0 Å². The summed E-state index contributed by atoms with van der Waals surface area (Å²) in [5.74, 6) is 0.614. The van der Waals surface area contributed by atoms with Crippen LogP contribution in [0.15, 0.2) is 30.3 Å². The van der Waals surface area contributed by atoms with Gasteiger partial charge in [-0.2, -0.15) is 0 Å². The first-order chi connectivity index (χ1) is 9.96. The maximum absolute atomic E-state index is 13.7. The summed E-state index contributed by atoms with van der Waals surface area (Å²) in [7, 11) is 3.55. The van der Waals surface area contributed by atoms with Crippen molar-refractivity contribution < 1.29 is 9.13 Å². The van der Waals surface area contributed by atoms with E-state index in [0.29, 0.717) is 0 Å². The molecule has 21 heavy (non-hydrogen) atoms. The topological polar surface area (TPSA) is 21.3 Å². The Kier molecular flexibility index (Phi) is 4.63. The Bertz CT molecular complexity index is 632. The molecule has 0 aliphatic heterocycles. The molecule has 0 saturated carbocycles. The molecule has 2 rings (SSSR count). The second-order valence-electron chi connectivity index (χ2n) is 5.48. The zero-order valence-electron chi connectivity index (χ0n) is 13.3. The maximum Gasteiger partial charge on any atom is 0.124 e. The van der Waals surface area contributed by atoms with Crippen molar-refractivity contribution in [2.45, 2.75) is 26.8 Å². The second-order valence-corrected chi connectivity index (χ2v) is 5.48. The van der Waals surface area contributed by atoms with Gasteiger partial charge in [0.05, 0.1) is 13.2 Å². The molecule has 1 N–H and O–H groups in total. The van der Waals surface area contributed by atoms with Crippen LogP contribution in [0.1, 0.15) is 33.9 Å². The van der Waals surface area contributed by atoms with Crippen molar-refractivity contribution >= 4 is 0 Å². The summed E-state index contributed by atoms with van der Waals surface area (Å²) >= 11 is 0. The van der Waals surface area contributed by atoms with Crippen molar-refractivity contribution in [2.24, 2.45) is 0 Å². The number of benzene rings is 2. The zero-order valence-corrected chi connectivity index (χ0v) is 13.3. The third-order valence-electron chi connectivity index (χ3n) is 3.69. The molecule has 0 bridgehead atoms. The lowest BCUT2D eigenvalue weighted by molar-refractivity contribution is 0.404. The quantitative estimate of drug-likeness (QED) is 0.915. The van der Waals surface area contributed by atoms with Gasteiger partial charge in [-0.1, -0.05) is 12.1 Å². The summed E-state index contributed by atoms with van der Waals surface area (Å²) in [6.45, 7) is 6.00. The molecule has 0 saturated heterocycles. The van der Waals surface area contributed by atoms with Gasteiger partial charge in [-0.05, 0) is 68.3 Å². The van der Waals surface area contributed by atoms with Crippen LogP contribution in [0, 0.1) is 26.6 Å². The highest BCUT2D eigenvalue weighted by atomic mass is 19.1. The van der Waals surface area contributed by atoms with Gasteiger partial charge in [-0.25, -0.2) is 4.39 Å². The first kappa shape index (κ1) is 15.5. The van der Waals surface area contributed by atoms with Crippen LogP contribution in [0.4, 0.5) is 4.39 Å². The maximum atomic E-state index is 13.7. The fraction of sp³-hybridized carbons (Fsp3) is 0.333. The van der Waals surface area contributed by atoms with Crippen molar-refractivity contribution in [3.63, 3.8) is 0 Å². The van der Waals surface area contributed by atoms with E-state index in [4.69, 9.17) is 4.74 Å². The zero-order chi connectivity index (χ0) is 15.6. The summed E-state index contributed by atoms with van der Waals surface area (Å²) in [6, 6.07) is 9.15. The van der Waals surface area contributed by atoms with Gasteiger partial charge in [0.15, 0.2) is 0 Å². The van der Waals surface area contributed by atoms with Gasteiger partial charge in [-0.3, -0.25) is 0 Å². The first-order valence-corrected chi connectivity index (χ1v) is 7.05. The van der Waals surface area contributed by atoms with Crippen LogP contribution in [0.2, 0.25) is 0 Å². The molecule has 1 unspecified atom stereocenters. The summed E-state index contributed by atoms with van der Waals surface area (Å²) < 4.78 is 19.3. The molecular formula is C18H22FNO. The van der Waals surface area contributed by atoms with Gasteiger partial charge in [-0.15, -0.1) is 0 Å². The molecule has 0 radical (unpaired) electrons. The first-order valence-electron chi connectivity index (χ1n) is 7.05. The molecule has 112 valence electrons. The molecule has 0 aliphatic carbocycles. The second kappa shape index (κ2) is 6.27. The van der Waals surface area contributed by atoms with Crippen molar-refractivity contribution in [3.8, 4) is 5.75 Å². The van der Waals surface area contributed by atoms with Crippen LogP contribution in [0.5, 0.6) is 5.75 Å².